The molecular weight excluding hydrogens is 290 g/mol. The van der Waals surface area contributed by atoms with Crippen LogP contribution in [-0.4, -0.2) is 41.8 Å². The maximum absolute atomic E-state index is 12.5. The van der Waals surface area contributed by atoms with E-state index in [1.54, 1.807) is 19.4 Å². The van der Waals surface area contributed by atoms with Gasteiger partial charge in [-0.25, -0.2) is 0 Å². The van der Waals surface area contributed by atoms with E-state index in [1.165, 1.54) is 9.80 Å². The largest absolute Gasteiger partial charge is 0.337 e. The quantitative estimate of drug-likeness (QED) is 0.795. The first kappa shape index (κ1) is 16.7. The molecule has 0 bridgehead atoms. The summed E-state index contributed by atoms with van der Waals surface area (Å²) in [6, 6.07) is 13.0. The van der Waals surface area contributed by atoms with Crippen LogP contribution >= 0.6 is 0 Å². The summed E-state index contributed by atoms with van der Waals surface area (Å²) in [5.74, 6) is -0.999. The average Bonchev–Trinajstić information content (AvgIpc) is 2.61. The Hall–Kier alpha value is -2.69. The minimum atomic E-state index is -0.504. The molecule has 23 heavy (non-hydrogen) atoms. The number of anilines is 1. The van der Waals surface area contributed by atoms with E-state index < -0.39 is 11.8 Å². The van der Waals surface area contributed by atoms with Gasteiger partial charge in [-0.1, -0.05) is 18.2 Å². The van der Waals surface area contributed by atoms with Crippen molar-refractivity contribution in [3.63, 3.8) is 0 Å². The highest BCUT2D eigenvalue weighted by Crippen LogP contribution is 2.13. The maximum atomic E-state index is 12.5. The Kier molecular flexibility index (Phi) is 5.86. The molecule has 0 aliphatic heterocycles. The Labute approximate surface area is 136 Å². The molecule has 2 amide bonds. The lowest BCUT2D eigenvalue weighted by Crippen LogP contribution is -2.44. The zero-order chi connectivity index (χ0) is 16.7. The van der Waals surface area contributed by atoms with Gasteiger partial charge in [0.05, 0.1) is 0 Å². The van der Waals surface area contributed by atoms with Gasteiger partial charge in [0.1, 0.15) is 0 Å². The van der Waals surface area contributed by atoms with Gasteiger partial charge in [0.2, 0.25) is 0 Å². The second-order valence-electron chi connectivity index (χ2n) is 5.22. The van der Waals surface area contributed by atoms with Crippen LogP contribution < -0.4 is 4.90 Å². The van der Waals surface area contributed by atoms with E-state index >= 15 is 0 Å². The number of nitrogens with zero attached hydrogens (tertiary/aromatic N) is 3. The summed E-state index contributed by atoms with van der Waals surface area (Å²) < 4.78 is 0. The van der Waals surface area contributed by atoms with Crippen LogP contribution in [0.5, 0.6) is 0 Å². The van der Waals surface area contributed by atoms with Gasteiger partial charge >= 0.3 is 11.8 Å². The number of benzene rings is 1. The molecule has 0 unspecified atom stereocenters. The van der Waals surface area contributed by atoms with Crippen molar-refractivity contribution in [3.05, 3.63) is 60.4 Å². The minimum Gasteiger partial charge on any atom is -0.337 e. The monoisotopic (exact) mass is 311 g/mol. The molecular formula is C18H21N3O2. The number of hydrogen-bond acceptors (Lipinski definition) is 3. The van der Waals surface area contributed by atoms with Crippen LogP contribution in [0, 0.1) is 0 Å². The van der Waals surface area contributed by atoms with Crippen molar-refractivity contribution in [3.8, 4) is 0 Å². The van der Waals surface area contributed by atoms with Crippen LogP contribution in [0.1, 0.15) is 12.5 Å². The molecule has 0 saturated carbocycles. The number of para-hydroxylation sites is 1. The van der Waals surface area contributed by atoms with Gasteiger partial charge in [-0.05, 0) is 43.2 Å². The Bertz CT molecular complexity index is 644. The molecule has 1 aromatic heterocycles. The van der Waals surface area contributed by atoms with Gasteiger partial charge in [0.25, 0.3) is 0 Å². The van der Waals surface area contributed by atoms with Crippen molar-refractivity contribution in [1.29, 1.82) is 0 Å². The molecule has 0 radical (unpaired) electrons. The smallest absolute Gasteiger partial charge is 0.316 e. The molecule has 2 aromatic rings. The van der Waals surface area contributed by atoms with Crippen molar-refractivity contribution in [2.45, 2.75) is 13.3 Å². The molecule has 120 valence electrons. The molecule has 0 saturated heterocycles. The fraction of sp³-hybridized carbons (Fsp3) is 0.278. The third kappa shape index (κ3) is 4.39. The molecule has 0 aliphatic rings. The van der Waals surface area contributed by atoms with Gasteiger partial charge < -0.3 is 9.80 Å². The molecule has 2 rings (SSSR count). The number of rotatable bonds is 5. The lowest BCUT2D eigenvalue weighted by molar-refractivity contribution is -0.143. The van der Waals surface area contributed by atoms with Gasteiger partial charge in [-0.2, -0.15) is 0 Å². The summed E-state index contributed by atoms with van der Waals surface area (Å²) in [5.41, 5.74) is 1.82. The third-order valence-corrected chi connectivity index (χ3v) is 3.64. The molecule has 0 fully saturated rings. The highest BCUT2D eigenvalue weighted by molar-refractivity contribution is 6.40. The second-order valence-corrected chi connectivity index (χ2v) is 5.22. The first-order chi connectivity index (χ1) is 11.1. The predicted octanol–water partition coefficient (Wildman–Crippen LogP) is 2.14. The SMILES string of the molecule is CCN(C(=O)C(=O)N(C)CCc1ccncc1)c1ccccc1. The normalized spacial score (nSPS) is 10.2. The third-order valence-electron chi connectivity index (χ3n) is 3.64. The molecule has 5 heteroatoms. The zero-order valence-electron chi connectivity index (χ0n) is 13.5. The van der Waals surface area contributed by atoms with Crippen LogP contribution in [0.3, 0.4) is 0 Å². The Morgan fingerprint density at radius 3 is 2.26 bits per heavy atom. The number of likely N-dealkylation sites (N-methyl/N-ethyl adjacent to an activating group) is 2. The predicted molar refractivity (Wildman–Crippen MR) is 90.0 cm³/mol. The van der Waals surface area contributed by atoms with Crippen LogP contribution in [0.25, 0.3) is 0 Å². The van der Waals surface area contributed by atoms with Crippen LogP contribution in [0.4, 0.5) is 5.69 Å². The molecule has 0 spiro atoms. The van der Waals surface area contributed by atoms with Crippen LogP contribution in [-0.2, 0) is 16.0 Å². The highest BCUT2D eigenvalue weighted by atomic mass is 16.2. The lowest BCUT2D eigenvalue weighted by atomic mass is 10.2. The fourth-order valence-electron chi connectivity index (χ4n) is 2.28. The average molecular weight is 311 g/mol. The molecule has 0 N–H and O–H groups in total. The van der Waals surface area contributed by atoms with Gasteiger partial charge in [0.15, 0.2) is 0 Å². The number of amides is 2. The number of carbonyl (C=O) groups is 2. The number of pyridine rings is 1. The first-order valence-electron chi connectivity index (χ1n) is 7.64. The van der Waals surface area contributed by atoms with Crippen molar-refractivity contribution >= 4 is 17.5 Å². The second kappa shape index (κ2) is 8.08. The van der Waals surface area contributed by atoms with Crippen molar-refractivity contribution < 1.29 is 9.59 Å². The summed E-state index contributed by atoms with van der Waals surface area (Å²) >= 11 is 0. The Morgan fingerprint density at radius 1 is 1.00 bits per heavy atom. The van der Waals surface area contributed by atoms with Crippen molar-refractivity contribution in [1.82, 2.24) is 9.88 Å². The van der Waals surface area contributed by atoms with Crippen LogP contribution in [0.15, 0.2) is 54.9 Å². The summed E-state index contributed by atoms with van der Waals surface area (Å²) in [4.78, 5) is 31.7. The molecule has 5 nitrogen and oxygen atoms in total. The summed E-state index contributed by atoms with van der Waals surface area (Å²) in [7, 11) is 1.65. The van der Waals surface area contributed by atoms with E-state index in [-0.39, 0.29) is 0 Å². The van der Waals surface area contributed by atoms with Crippen molar-refractivity contribution in [2.75, 3.05) is 25.0 Å². The van der Waals surface area contributed by atoms with Crippen LogP contribution in [0.2, 0.25) is 0 Å². The standard InChI is InChI=1S/C18H21N3O2/c1-3-21(16-7-5-4-6-8-16)18(23)17(22)20(2)14-11-15-9-12-19-13-10-15/h4-10,12-13H,3,11,14H2,1-2H3. The van der Waals surface area contributed by atoms with Gasteiger partial charge in [0, 0.05) is 38.2 Å². The van der Waals surface area contributed by atoms with E-state index in [0.717, 1.165) is 11.3 Å². The van der Waals surface area contributed by atoms with Gasteiger partial charge in [-0.3, -0.25) is 14.6 Å². The van der Waals surface area contributed by atoms with E-state index in [9.17, 15) is 9.59 Å². The maximum Gasteiger partial charge on any atom is 0.316 e. The number of carbonyl (C=O) groups excluding carboxylic acids is 2. The molecule has 0 aliphatic carbocycles. The minimum absolute atomic E-state index is 0.451. The van der Waals surface area contributed by atoms with E-state index in [1.807, 2.05) is 49.4 Å². The summed E-state index contributed by atoms with van der Waals surface area (Å²) in [6.07, 6.45) is 4.13. The van der Waals surface area contributed by atoms with E-state index in [2.05, 4.69) is 4.98 Å². The topological polar surface area (TPSA) is 53.5 Å². The number of hydrogen-bond donors (Lipinski definition) is 0. The van der Waals surface area contributed by atoms with E-state index in [0.29, 0.717) is 19.5 Å². The highest BCUT2D eigenvalue weighted by Gasteiger charge is 2.24. The molecule has 1 aromatic carbocycles. The molecule has 0 atom stereocenters. The Morgan fingerprint density at radius 2 is 1.65 bits per heavy atom. The van der Waals surface area contributed by atoms with Crippen molar-refractivity contribution in [2.24, 2.45) is 0 Å². The zero-order valence-corrected chi connectivity index (χ0v) is 13.5. The number of aromatic nitrogens is 1. The molecule has 1 heterocycles. The Balaban J connectivity index is 1.99. The van der Waals surface area contributed by atoms with E-state index in [4.69, 9.17) is 0 Å². The fourth-order valence-corrected chi connectivity index (χ4v) is 2.28. The van der Waals surface area contributed by atoms with Gasteiger partial charge in [-0.15, -0.1) is 0 Å². The first-order valence-corrected chi connectivity index (χ1v) is 7.64. The lowest BCUT2D eigenvalue weighted by Gasteiger charge is -2.23. The summed E-state index contributed by atoms with van der Waals surface area (Å²) in [6.45, 7) is 2.79. The summed E-state index contributed by atoms with van der Waals surface area (Å²) in [5, 5.41) is 0.